The van der Waals surface area contributed by atoms with Crippen LogP contribution in [0, 0.1) is 0 Å². The summed E-state index contributed by atoms with van der Waals surface area (Å²) in [6.07, 6.45) is 8.99. The Morgan fingerprint density at radius 3 is 1.61 bits per heavy atom. The SMILES string of the molecule is CCCCCCCCC(C)c1ccc(OP(=O)(Oc2ccccc2)Oc2ccccc2)cc1. The van der Waals surface area contributed by atoms with Crippen molar-refractivity contribution in [2.75, 3.05) is 0 Å². The molecule has 0 amide bonds. The van der Waals surface area contributed by atoms with Crippen molar-refractivity contribution in [1.82, 2.24) is 0 Å². The summed E-state index contributed by atoms with van der Waals surface area (Å²) < 4.78 is 30.7. The Morgan fingerprint density at radius 2 is 1.09 bits per heavy atom. The fourth-order valence-corrected chi connectivity index (χ4v) is 4.91. The average molecular weight is 467 g/mol. The number of phosphoric ester groups is 1. The molecule has 4 nitrogen and oxygen atoms in total. The maximum atomic E-state index is 13.5. The second-order valence-corrected chi connectivity index (χ2v) is 9.82. The molecule has 5 heteroatoms. The predicted octanol–water partition coefficient (Wildman–Crippen LogP) is 9.19. The maximum Gasteiger partial charge on any atom is 0.647 e. The van der Waals surface area contributed by atoms with Crippen molar-refractivity contribution in [3.63, 3.8) is 0 Å². The van der Waals surface area contributed by atoms with E-state index in [1.165, 1.54) is 50.5 Å². The molecule has 0 spiro atoms. The van der Waals surface area contributed by atoms with Crippen LogP contribution in [0.1, 0.15) is 70.3 Å². The van der Waals surface area contributed by atoms with Crippen LogP contribution in [0.25, 0.3) is 0 Å². The predicted molar refractivity (Wildman–Crippen MR) is 135 cm³/mol. The molecular formula is C28H35O4P. The molecule has 176 valence electrons. The van der Waals surface area contributed by atoms with Crippen LogP contribution in [0.5, 0.6) is 17.2 Å². The van der Waals surface area contributed by atoms with Gasteiger partial charge >= 0.3 is 7.82 Å². The highest BCUT2D eigenvalue weighted by molar-refractivity contribution is 7.49. The molecule has 0 radical (unpaired) electrons. The van der Waals surface area contributed by atoms with E-state index in [4.69, 9.17) is 13.6 Å². The minimum Gasteiger partial charge on any atom is -0.386 e. The van der Waals surface area contributed by atoms with Gasteiger partial charge in [0.2, 0.25) is 0 Å². The van der Waals surface area contributed by atoms with Crippen molar-refractivity contribution in [2.24, 2.45) is 0 Å². The lowest BCUT2D eigenvalue weighted by molar-refractivity contribution is 0.298. The lowest BCUT2D eigenvalue weighted by Gasteiger charge is -2.20. The van der Waals surface area contributed by atoms with Gasteiger partial charge in [0.1, 0.15) is 17.2 Å². The number of para-hydroxylation sites is 2. The molecule has 0 saturated heterocycles. The lowest BCUT2D eigenvalue weighted by atomic mass is 9.94. The molecule has 3 aromatic rings. The Balaban J connectivity index is 1.63. The second-order valence-electron chi connectivity index (χ2n) is 8.37. The Bertz CT molecular complexity index is 928. The van der Waals surface area contributed by atoms with Crippen molar-refractivity contribution < 1.29 is 18.1 Å². The van der Waals surface area contributed by atoms with Gasteiger partial charge in [0, 0.05) is 0 Å². The van der Waals surface area contributed by atoms with E-state index >= 15 is 0 Å². The van der Waals surface area contributed by atoms with Gasteiger partial charge in [-0.1, -0.05) is 101 Å². The third-order valence-corrected chi connectivity index (χ3v) is 6.88. The Kier molecular flexibility index (Phi) is 9.90. The average Bonchev–Trinajstić information content (AvgIpc) is 2.82. The van der Waals surface area contributed by atoms with Crippen LogP contribution < -0.4 is 13.6 Å². The Morgan fingerprint density at radius 1 is 0.636 bits per heavy atom. The van der Waals surface area contributed by atoms with Gasteiger partial charge in [-0.25, -0.2) is 0 Å². The Hall–Kier alpha value is -2.71. The van der Waals surface area contributed by atoms with Gasteiger partial charge < -0.3 is 13.6 Å². The van der Waals surface area contributed by atoms with Crippen LogP contribution in [-0.2, 0) is 4.57 Å². The minimum absolute atomic E-state index is 0.418. The second kappa shape index (κ2) is 13.1. The third-order valence-electron chi connectivity index (χ3n) is 5.58. The summed E-state index contributed by atoms with van der Waals surface area (Å²) in [4.78, 5) is 0. The summed E-state index contributed by atoms with van der Waals surface area (Å²) in [5.74, 6) is 1.75. The molecule has 0 N–H and O–H groups in total. The summed E-state index contributed by atoms with van der Waals surface area (Å²) in [7, 11) is -3.96. The normalized spacial score (nSPS) is 12.2. The monoisotopic (exact) mass is 466 g/mol. The van der Waals surface area contributed by atoms with Gasteiger partial charge in [-0.05, 0) is 54.3 Å². The third kappa shape index (κ3) is 8.63. The zero-order chi connectivity index (χ0) is 23.4. The fourth-order valence-electron chi connectivity index (χ4n) is 3.66. The van der Waals surface area contributed by atoms with E-state index in [9.17, 15) is 4.57 Å². The molecule has 33 heavy (non-hydrogen) atoms. The molecule has 0 aromatic heterocycles. The molecule has 0 fully saturated rings. The van der Waals surface area contributed by atoms with E-state index in [0.29, 0.717) is 23.2 Å². The van der Waals surface area contributed by atoms with Crippen LogP contribution in [0.3, 0.4) is 0 Å². The minimum atomic E-state index is -3.96. The Labute approximate surface area is 198 Å². The highest BCUT2D eigenvalue weighted by Gasteiger charge is 2.33. The summed E-state index contributed by atoms with van der Waals surface area (Å²) in [5, 5.41) is 0. The number of rotatable bonds is 14. The smallest absolute Gasteiger partial charge is 0.386 e. The summed E-state index contributed by atoms with van der Waals surface area (Å²) in [6, 6.07) is 25.6. The largest absolute Gasteiger partial charge is 0.647 e. The topological polar surface area (TPSA) is 44.8 Å². The molecule has 0 aliphatic carbocycles. The molecule has 0 bridgehead atoms. The van der Waals surface area contributed by atoms with Crippen LogP contribution in [0.15, 0.2) is 84.9 Å². The first-order valence-corrected chi connectivity index (χ1v) is 13.4. The van der Waals surface area contributed by atoms with E-state index in [0.717, 1.165) is 0 Å². The van der Waals surface area contributed by atoms with E-state index in [2.05, 4.69) is 13.8 Å². The maximum absolute atomic E-state index is 13.5. The van der Waals surface area contributed by atoms with Gasteiger partial charge in [-0.15, -0.1) is 0 Å². The highest BCUT2D eigenvalue weighted by atomic mass is 31.2. The van der Waals surface area contributed by atoms with Gasteiger partial charge in [-0.2, -0.15) is 4.57 Å². The molecule has 0 saturated carbocycles. The molecule has 0 aliphatic rings. The van der Waals surface area contributed by atoms with Crippen LogP contribution in [0.2, 0.25) is 0 Å². The van der Waals surface area contributed by atoms with Crippen molar-refractivity contribution >= 4 is 7.82 Å². The number of benzene rings is 3. The lowest BCUT2D eigenvalue weighted by Crippen LogP contribution is -2.07. The zero-order valence-corrected chi connectivity index (χ0v) is 20.6. The first-order chi connectivity index (χ1) is 16.1. The molecular weight excluding hydrogens is 431 g/mol. The van der Waals surface area contributed by atoms with Gasteiger partial charge in [0.15, 0.2) is 0 Å². The standard InChI is InChI=1S/C28H35O4P/c1-3-4-5-6-7-10-15-24(2)25-20-22-28(23-21-25)32-33(29,30-26-16-11-8-12-17-26)31-27-18-13-9-14-19-27/h8-9,11-14,16-24H,3-7,10,15H2,1-2H3. The van der Waals surface area contributed by atoms with Crippen LogP contribution >= 0.6 is 7.82 Å². The summed E-state index contributed by atoms with van der Waals surface area (Å²) >= 11 is 0. The number of unbranched alkanes of at least 4 members (excludes halogenated alkanes) is 5. The highest BCUT2D eigenvalue weighted by Crippen LogP contribution is 2.49. The number of phosphoric acid groups is 1. The van der Waals surface area contributed by atoms with Gasteiger partial charge in [-0.3, -0.25) is 0 Å². The van der Waals surface area contributed by atoms with Crippen molar-refractivity contribution in [3.8, 4) is 17.2 Å². The molecule has 3 rings (SSSR count). The molecule has 3 aromatic carbocycles. The van der Waals surface area contributed by atoms with Crippen LogP contribution in [0.4, 0.5) is 0 Å². The van der Waals surface area contributed by atoms with Gasteiger partial charge in [0.05, 0.1) is 0 Å². The summed E-state index contributed by atoms with van der Waals surface area (Å²) in [5.41, 5.74) is 1.25. The number of hydrogen-bond donors (Lipinski definition) is 0. The molecule has 1 unspecified atom stereocenters. The van der Waals surface area contributed by atoms with E-state index < -0.39 is 7.82 Å². The first kappa shape index (κ1) is 24.9. The summed E-state index contributed by atoms with van der Waals surface area (Å²) in [6.45, 7) is 4.50. The van der Waals surface area contributed by atoms with E-state index in [1.807, 2.05) is 60.7 Å². The molecule has 0 heterocycles. The fraction of sp³-hybridized carbons (Fsp3) is 0.357. The van der Waals surface area contributed by atoms with Crippen LogP contribution in [-0.4, -0.2) is 0 Å². The van der Waals surface area contributed by atoms with Crippen molar-refractivity contribution in [2.45, 2.75) is 64.7 Å². The molecule has 1 atom stereocenters. The first-order valence-electron chi connectivity index (χ1n) is 12.0. The van der Waals surface area contributed by atoms with E-state index in [-0.39, 0.29) is 0 Å². The van der Waals surface area contributed by atoms with Gasteiger partial charge in [0.25, 0.3) is 0 Å². The zero-order valence-electron chi connectivity index (χ0n) is 19.7. The molecule has 0 aliphatic heterocycles. The van der Waals surface area contributed by atoms with E-state index in [1.54, 1.807) is 24.3 Å². The quantitative estimate of drug-likeness (QED) is 0.175. The van der Waals surface area contributed by atoms with Crippen molar-refractivity contribution in [1.29, 1.82) is 0 Å². The van der Waals surface area contributed by atoms with Crippen molar-refractivity contribution in [3.05, 3.63) is 90.5 Å². The number of hydrogen-bond acceptors (Lipinski definition) is 4.